The molecule has 78 valence electrons. The molecule has 0 unspecified atom stereocenters. The van der Waals surface area contributed by atoms with E-state index in [1.807, 2.05) is 11.4 Å². The number of carbonyl (C=O) groups is 1. The van der Waals surface area contributed by atoms with Crippen LogP contribution in [0.5, 0.6) is 0 Å². The first-order chi connectivity index (χ1) is 6.72. The molecule has 0 radical (unpaired) electrons. The number of carbonyl (C=O) groups excluding carboxylic acids is 1. The molecule has 1 rings (SSSR count). The van der Waals surface area contributed by atoms with Gasteiger partial charge in [-0.2, -0.15) is 0 Å². The Kier molecular flexibility index (Phi) is 5.19. The highest BCUT2D eigenvalue weighted by molar-refractivity contribution is 9.10. The number of amides is 1. The molecule has 1 aromatic heterocycles. The highest BCUT2D eigenvalue weighted by Crippen LogP contribution is 2.19. The van der Waals surface area contributed by atoms with Crippen molar-refractivity contribution < 1.29 is 4.79 Å². The summed E-state index contributed by atoms with van der Waals surface area (Å²) in [5.41, 5.74) is 0. The van der Waals surface area contributed by atoms with Crippen molar-refractivity contribution in [1.82, 2.24) is 5.32 Å². The van der Waals surface area contributed by atoms with E-state index in [0.29, 0.717) is 13.0 Å². The summed E-state index contributed by atoms with van der Waals surface area (Å²) in [6, 6.07) is 2.03. The first-order valence-corrected chi connectivity index (χ1v) is 6.39. The number of nitrogens with one attached hydrogen (secondary N) is 1. The Morgan fingerprint density at radius 2 is 2.43 bits per heavy atom. The van der Waals surface area contributed by atoms with Crippen molar-refractivity contribution in [2.24, 2.45) is 0 Å². The van der Waals surface area contributed by atoms with E-state index in [-0.39, 0.29) is 5.91 Å². The molecular weight excluding hydrogens is 262 g/mol. The van der Waals surface area contributed by atoms with Gasteiger partial charge in [-0.3, -0.25) is 4.79 Å². The van der Waals surface area contributed by atoms with Crippen molar-refractivity contribution in [3.05, 3.63) is 20.8 Å². The number of hydrogen-bond acceptors (Lipinski definition) is 2. The van der Waals surface area contributed by atoms with Gasteiger partial charge < -0.3 is 5.32 Å². The van der Waals surface area contributed by atoms with Crippen LogP contribution in [0.3, 0.4) is 0 Å². The van der Waals surface area contributed by atoms with Gasteiger partial charge in [0.25, 0.3) is 0 Å². The van der Waals surface area contributed by atoms with E-state index in [1.54, 1.807) is 11.3 Å². The van der Waals surface area contributed by atoms with Crippen LogP contribution in [0.15, 0.2) is 15.9 Å². The van der Waals surface area contributed by atoms with Gasteiger partial charge in [0.15, 0.2) is 0 Å². The lowest BCUT2D eigenvalue weighted by atomic mass is 10.2. The molecule has 0 bridgehead atoms. The van der Waals surface area contributed by atoms with Crippen LogP contribution in [0.4, 0.5) is 0 Å². The lowest BCUT2D eigenvalue weighted by Gasteiger charge is -2.01. The van der Waals surface area contributed by atoms with Crippen molar-refractivity contribution in [2.75, 3.05) is 0 Å². The molecule has 0 aliphatic heterocycles. The van der Waals surface area contributed by atoms with Crippen LogP contribution < -0.4 is 5.32 Å². The summed E-state index contributed by atoms with van der Waals surface area (Å²) in [5.74, 6) is 0.149. The number of rotatable bonds is 5. The second-order valence-electron chi connectivity index (χ2n) is 3.11. The lowest BCUT2D eigenvalue weighted by Crippen LogP contribution is -2.21. The Balaban J connectivity index is 2.23. The van der Waals surface area contributed by atoms with Crippen LogP contribution >= 0.6 is 27.3 Å². The summed E-state index contributed by atoms with van der Waals surface area (Å²) < 4.78 is 1.08. The average molecular weight is 276 g/mol. The van der Waals surface area contributed by atoms with Gasteiger partial charge in [-0.15, -0.1) is 11.3 Å². The predicted molar refractivity (Wildman–Crippen MR) is 63.4 cm³/mol. The van der Waals surface area contributed by atoms with Gasteiger partial charge >= 0.3 is 0 Å². The molecular formula is C10H14BrNOS. The molecule has 0 aliphatic carbocycles. The maximum Gasteiger partial charge on any atom is 0.220 e. The molecule has 2 nitrogen and oxygen atoms in total. The van der Waals surface area contributed by atoms with Crippen LogP contribution in [-0.2, 0) is 11.3 Å². The van der Waals surface area contributed by atoms with E-state index in [0.717, 1.165) is 17.3 Å². The molecule has 0 spiro atoms. The average Bonchev–Trinajstić information content (AvgIpc) is 2.58. The molecule has 1 heterocycles. The minimum atomic E-state index is 0.149. The lowest BCUT2D eigenvalue weighted by molar-refractivity contribution is -0.121. The third-order valence-electron chi connectivity index (χ3n) is 1.84. The monoisotopic (exact) mass is 275 g/mol. The normalized spacial score (nSPS) is 10.1. The highest BCUT2D eigenvalue weighted by Gasteiger charge is 2.01. The Bertz CT molecular complexity index is 298. The van der Waals surface area contributed by atoms with Gasteiger partial charge in [-0.25, -0.2) is 0 Å². The fraction of sp³-hybridized carbons (Fsp3) is 0.500. The van der Waals surface area contributed by atoms with Gasteiger partial charge in [-0.05, 0) is 28.4 Å². The fourth-order valence-electron chi connectivity index (χ4n) is 1.06. The Hall–Kier alpha value is -0.350. The Morgan fingerprint density at radius 1 is 1.64 bits per heavy atom. The zero-order chi connectivity index (χ0) is 10.4. The smallest absolute Gasteiger partial charge is 0.220 e. The second kappa shape index (κ2) is 6.19. The number of unbranched alkanes of at least 4 members (excludes halogenated alkanes) is 1. The molecule has 1 N–H and O–H groups in total. The summed E-state index contributed by atoms with van der Waals surface area (Å²) >= 11 is 5.03. The minimum Gasteiger partial charge on any atom is -0.351 e. The van der Waals surface area contributed by atoms with E-state index in [9.17, 15) is 4.79 Å². The topological polar surface area (TPSA) is 29.1 Å². The molecule has 0 fully saturated rings. The first kappa shape index (κ1) is 11.7. The number of hydrogen-bond donors (Lipinski definition) is 1. The maximum absolute atomic E-state index is 11.3. The summed E-state index contributed by atoms with van der Waals surface area (Å²) in [6.07, 6.45) is 2.68. The summed E-state index contributed by atoms with van der Waals surface area (Å²) in [6.45, 7) is 2.74. The zero-order valence-electron chi connectivity index (χ0n) is 8.18. The van der Waals surface area contributed by atoms with Gasteiger partial charge in [0.2, 0.25) is 5.91 Å². The van der Waals surface area contributed by atoms with E-state index in [2.05, 4.69) is 28.2 Å². The van der Waals surface area contributed by atoms with Crippen LogP contribution in [0, 0.1) is 0 Å². The molecule has 0 aromatic carbocycles. The van der Waals surface area contributed by atoms with Crippen molar-refractivity contribution in [3.63, 3.8) is 0 Å². The molecule has 1 amide bonds. The predicted octanol–water partition coefficient (Wildman–Crippen LogP) is 3.32. The van der Waals surface area contributed by atoms with E-state index in [4.69, 9.17) is 0 Å². The van der Waals surface area contributed by atoms with Crippen molar-refractivity contribution in [3.8, 4) is 0 Å². The van der Waals surface area contributed by atoms with Gasteiger partial charge in [0.05, 0.1) is 6.54 Å². The van der Waals surface area contributed by atoms with E-state index < -0.39 is 0 Å². The molecule has 4 heteroatoms. The SMILES string of the molecule is CCCCC(=O)NCc1cc(Br)cs1. The second-order valence-corrected chi connectivity index (χ2v) is 5.02. The van der Waals surface area contributed by atoms with Crippen molar-refractivity contribution >= 4 is 33.2 Å². The Labute approximate surface area is 96.8 Å². The van der Waals surface area contributed by atoms with E-state index >= 15 is 0 Å². The van der Waals surface area contributed by atoms with Gasteiger partial charge in [-0.1, -0.05) is 13.3 Å². The first-order valence-electron chi connectivity index (χ1n) is 4.72. The van der Waals surface area contributed by atoms with Crippen molar-refractivity contribution in [1.29, 1.82) is 0 Å². The summed E-state index contributed by atoms with van der Waals surface area (Å²) in [5, 5.41) is 4.92. The highest BCUT2D eigenvalue weighted by atomic mass is 79.9. The van der Waals surface area contributed by atoms with Gasteiger partial charge in [0.1, 0.15) is 0 Å². The molecule has 1 aromatic rings. The molecule has 0 saturated carbocycles. The zero-order valence-corrected chi connectivity index (χ0v) is 10.6. The Morgan fingerprint density at radius 3 is 3.00 bits per heavy atom. The summed E-state index contributed by atoms with van der Waals surface area (Å²) in [4.78, 5) is 12.4. The largest absolute Gasteiger partial charge is 0.351 e. The number of halogens is 1. The van der Waals surface area contributed by atoms with E-state index in [1.165, 1.54) is 4.88 Å². The molecule has 0 aliphatic rings. The third-order valence-corrected chi connectivity index (χ3v) is 3.54. The summed E-state index contributed by atoms with van der Waals surface area (Å²) in [7, 11) is 0. The van der Waals surface area contributed by atoms with Crippen LogP contribution in [-0.4, -0.2) is 5.91 Å². The van der Waals surface area contributed by atoms with Crippen LogP contribution in [0.1, 0.15) is 31.1 Å². The minimum absolute atomic E-state index is 0.149. The third kappa shape index (κ3) is 4.24. The number of thiophene rings is 1. The van der Waals surface area contributed by atoms with Crippen LogP contribution in [0.25, 0.3) is 0 Å². The fourth-order valence-corrected chi connectivity index (χ4v) is 2.45. The van der Waals surface area contributed by atoms with Crippen LogP contribution in [0.2, 0.25) is 0 Å². The molecule has 0 atom stereocenters. The maximum atomic E-state index is 11.3. The standard InChI is InChI=1S/C10H14BrNOS/c1-2-3-4-10(13)12-6-9-5-8(11)7-14-9/h5,7H,2-4,6H2,1H3,(H,12,13). The molecule has 0 saturated heterocycles. The van der Waals surface area contributed by atoms with Crippen molar-refractivity contribution in [2.45, 2.75) is 32.7 Å². The quantitative estimate of drug-likeness (QED) is 0.878. The van der Waals surface area contributed by atoms with Gasteiger partial charge in [0, 0.05) is 21.2 Å². The molecule has 14 heavy (non-hydrogen) atoms.